The van der Waals surface area contributed by atoms with Crippen molar-refractivity contribution in [2.45, 2.75) is 51.2 Å². The number of rotatable bonds is 7. The molecule has 4 N–H and O–H groups in total. The Morgan fingerprint density at radius 3 is 2.37 bits per heavy atom. The summed E-state index contributed by atoms with van der Waals surface area (Å²) in [7, 11) is 3.91. The van der Waals surface area contributed by atoms with Gasteiger partial charge in [0.2, 0.25) is 0 Å². The van der Waals surface area contributed by atoms with Crippen LogP contribution in [0.5, 0.6) is 5.75 Å². The Balaban J connectivity index is 0.000000868. The van der Waals surface area contributed by atoms with Crippen LogP contribution < -0.4 is 15.8 Å². The average Bonchev–Trinajstić information content (AvgIpc) is 3.42. The topological polar surface area (TPSA) is 135 Å². The first kappa shape index (κ1) is 30.2. The number of nitrogens with one attached hydrogen (secondary N) is 1. The quantitative estimate of drug-likeness (QED) is 0.284. The molecule has 2 aliphatic rings. The second-order valence-electron chi connectivity index (χ2n) is 11.3. The van der Waals surface area contributed by atoms with Gasteiger partial charge in [-0.3, -0.25) is 9.69 Å². The van der Waals surface area contributed by atoms with Gasteiger partial charge in [0.25, 0.3) is 5.97 Å². The molecule has 1 saturated heterocycles. The molecule has 3 heterocycles. The SMILES string of the molecule is CC(=O)O.COc1cc(-c2nn([C@H]3CC[C@@H](N4CCN(C)CC4)CC3)c3ncnc(N)c23)ccc1NCc1ccccc1. The number of aliphatic carboxylic acids is 1. The zero-order chi connectivity index (χ0) is 30.3. The molecule has 2 aromatic heterocycles. The van der Waals surface area contributed by atoms with Crippen LogP contribution in [0, 0.1) is 0 Å². The highest BCUT2D eigenvalue weighted by atomic mass is 16.5. The Bertz CT molecular complexity index is 1510. The second-order valence-corrected chi connectivity index (χ2v) is 11.3. The Labute approximate surface area is 252 Å². The number of nitrogens with two attached hydrogens (primary N) is 1. The van der Waals surface area contributed by atoms with Crippen molar-refractivity contribution in [3.63, 3.8) is 0 Å². The molecule has 1 aliphatic heterocycles. The third-order valence-electron chi connectivity index (χ3n) is 8.39. The number of hydrogen-bond donors (Lipinski definition) is 3. The van der Waals surface area contributed by atoms with Gasteiger partial charge in [-0.25, -0.2) is 14.6 Å². The molecule has 43 heavy (non-hydrogen) atoms. The minimum Gasteiger partial charge on any atom is -0.495 e. The predicted octanol–water partition coefficient (Wildman–Crippen LogP) is 4.52. The Morgan fingerprint density at radius 2 is 1.70 bits per heavy atom. The highest BCUT2D eigenvalue weighted by molar-refractivity contribution is 5.98. The van der Waals surface area contributed by atoms with Crippen molar-refractivity contribution in [1.82, 2.24) is 29.5 Å². The van der Waals surface area contributed by atoms with Gasteiger partial charge in [0.05, 0.1) is 24.2 Å². The molecule has 11 nitrogen and oxygen atoms in total. The van der Waals surface area contributed by atoms with E-state index < -0.39 is 5.97 Å². The van der Waals surface area contributed by atoms with Gasteiger partial charge in [-0.2, -0.15) is 5.10 Å². The number of carbonyl (C=O) groups is 1. The summed E-state index contributed by atoms with van der Waals surface area (Å²) in [5, 5.41) is 16.8. The summed E-state index contributed by atoms with van der Waals surface area (Å²) in [6, 6.07) is 17.4. The number of methoxy groups -OCH3 is 1. The van der Waals surface area contributed by atoms with Crippen LogP contribution in [0.4, 0.5) is 11.5 Å². The van der Waals surface area contributed by atoms with Gasteiger partial charge in [-0.1, -0.05) is 36.4 Å². The Kier molecular flexibility index (Phi) is 9.73. The second kappa shape index (κ2) is 13.8. The number of anilines is 2. The molecule has 0 bridgehead atoms. The third kappa shape index (κ3) is 7.23. The van der Waals surface area contributed by atoms with E-state index in [9.17, 15) is 0 Å². The lowest BCUT2D eigenvalue weighted by Gasteiger charge is -2.41. The van der Waals surface area contributed by atoms with Crippen LogP contribution in [0.2, 0.25) is 0 Å². The summed E-state index contributed by atoms with van der Waals surface area (Å²) in [6.45, 7) is 6.46. The number of carboxylic acid groups (broad SMARTS) is 1. The molecular weight excluding hydrogens is 544 g/mol. The molecule has 11 heteroatoms. The van der Waals surface area contributed by atoms with E-state index in [-0.39, 0.29) is 0 Å². The van der Waals surface area contributed by atoms with Crippen LogP contribution in [0.15, 0.2) is 54.9 Å². The molecule has 0 radical (unpaired) electrons. The number of piperazine rings is 1. The van der Waals surface area contributed by atoms with E-state index in [0.717, 1.165) is 66.6 Å². The van der Waals surface area contributed by atoms with Crippen molar-refractivity contribution in [3.8, 4) is 17.0 Å². The summed E-state index contributed by atoms with van der Waals surface area (Å²) in [4.78, 5) is 23.1. The van der Waals surface area contributed by atoms with E-state index in [2.05, 4.69) is 55.0 Å². The van der Waals surface area contributed by atoms with Crippen LogP contribution in [-0.4, -0.2) is 87.0 Å². The largest absolute Gasteiger partial charge is 0.495 e. The Hall–Kier alpha value is -4.22. The number of aromatic nitrogens is 4. The van der Waals surface area contributed by atoms with Crippen molar-refractivity contribution in [2.75, 3.05) is 51.4 Å². The molecule has 2 aromatic carbocycles. The predicted molar refractivity (Wildman–Crippen MR) is 169 cm³/mol. The smallest absolute Gasteiger partial charge is 0.300 e. The maximum Gasteiger partial charge on any atom is 0.300 e. The lowest BCUT2D eigenvalue weighted by atomic mass is 9.90. The number of nitrogens with zero attached hydrogens (tertiary/aromatic N) is 6. The van der Waals surface area contributed by atoms with E-state index in [1.165, 1.54) is 31.5 Å². The molecule has 4 aromatic rings. The Morgan fingerprint density at radius 1 is 1.02 bits per heavy atom. The minimum absolute atomic E-state index is 0.299. The fraction of sp³-hybridized carbons (Fsp3) is 0.438. The lowest BCUT2D eigenvalue weighted by molar-refractivity contribution is -0.134. The van der Waals surface area contributed by atoms with E-state index in [1.807, 2.05) is 30.3 Å². The third-order valence-corrected chi connectivity index (χ3v) is 8.39. The number of fused-ring (bicyclic) bond motifs is 1. The molecule has 0 unspecified atom stereocenters. The van der Waals surface area contributed by atoms with Crippen LogP contribution in [0.3, 0.4) is 0 Å². The van der Waals surface area contributed by atoms with Crippen molar-refractivity contribution >= 4 is 28.5 Å². The summed E-state index contributed by atoms with van der Waals surface area (Å²) in [5.74, 6) is 0.381. The molecule has 0 atom stereocenters. The van der Waals surface area contributed by atoms with E-state index in [0.29, 0.717) is 24.4 Å². The first-order valence-electron chi connectivity index (χ1n) is 14.9. The number of carboxylic acids is 1. The first-order chi connectivity index (χ1) is 20.8. The van der Waals surface area contributed by atoms with E-state index in [4.69, 9.17) is 25.5 Å². The lowest BCUT2D eigenvalue weighted by Crippen LogP contribution is -2.49. The van der Waals surface area contributed by atoms with Gasteiger partial charge in [0, 0.05) is 51.3 Å². The molecule has 6 rings (SSSR count). The maximum atomic E-state index is 9.00. The number of hydrogen-bond acceptors (Lipinski definition) is 9. The number of ether oxygens (including phenoxy) is 1. The highest BCUT2D eigenvalue weighted by Crippen LogP contribution is 2.39. The van der Waals surface area contributed by atoms with Crippen molar-refractivity contribution in [3.05, 3.63) is 60.4 Å². The zero-order valence-electron chi connectivity index (χ0n) is 25.2. The van der Waals surface area contributed by atoms with Crippen molar-refractivity contribution in [1.29, 1.82) is 0 Å². The fourth-order valence-corrected chi connectivity index (χ4v) is 6.08. The standard InChI is InChI=1S/C30H38N8O.C2H4O2/c1-36-14-16-37(17-15-36)23-9-11-24(12-10-23)38-30-27(29(31)33-20-34-30)28(35-38)22-8-13-25(26(18-22)39-2)32-19-21-6-4-3-5-7-21;1-2(3)4/h3-8,13,18,20,23-24,32H,9-12,14-17,19H2,1-2H3,(H2,31,33,34);1H3,(H,3,4)/t23-,24+;. The molecule has 228 valence electrons. The molecule has 0 spiro atoms. The maximum absolute atomic E-state index is 9.00. The van der Waals surface area contributed by atoms with Gasteiger partial charge < -0.3 is 25.8 Å². The van der Waals surface area contributed by atoms with Crippen LogP contribution in [-0.2, 0) is 11.3 Å². The van der Waals surface area contributed by atoms with Crippen molar-refractivity contribution in [2.24, 2.45) is 0 Å². The van der Waals surface area contributed by atoms with Crippen LogP contribution in [0.25, 0.3) is 22.3 Å². The number of likely N-dealkylation sites (N-methyl/N-ethyl adjacent to an activating group) is 1. The fourth-order valence-electron chi connectivity index (χ4n) is 6.08. The van der Waals surface area contributed by atoms with Gasteiger partial charge in [-0.05, 0) is 50.4 Å². The van der Waals surface area contributed by atoms with Crippen LogP contribution >= 0.6 is 0 Å². The normalized spacial score (nSPS) is 19.4. The summed E-state index contributed by atoms with van der Waals surface area (Å²) in [6.07, 6.45) is 6.08. The molecule has 0 amide bonds. The van der Waals surface area contributed by atoms with E-state index in [1.54, 1.807) is 13.4 Å². The van der Waals surface area contributed by atoms with Gasteiger partial charge in [-0.15, -0.1) is 0 Å². The van der Waals surface area contributed by atoms with Gasteiger partial charge >= 0.3 is 0 Å². The summed E-state index contributed by atoms with van der Waals surface area (Å²) >= 11 is 0. The van der Waals surface area contributed by atoms with Gasteiger partial charge in [0.1, 0.15) is 23.6 Å². The highest BCUT2D eigenvalue weighted by Gasteiger charge is 2.30. The number of benzene rings is 2. The average molecular weight is 587 g/mol. The number of nitrogen functional groups attached to an aromatic ring is 1. The molecule has 1 aliphatic carbocycles. The molecular formula is C32H42N8O3. The molecule has 2 fully saturated rings. The van der Waals surface area contributed by atoms with Crippen molar-refractivity contribution < 1.29 is 14.6 Å². The minimum atomic E-state index is -0.833. The first-order valence-corrected chi connectivity index (χ1v) is 14.9. The van der Waals surface area contributed by atoms with Crippen LogP contribution in [0.1, 0.15) is 44.2 Å². The van der Waals surface area contributed by atoms with E-state index >= 15 is 0 Å². The zero-order valence-corrected chi connectivity index (χ0v) is 25.2. The molecule has 1 saturated carbocycles. The summed E-state index contributed by atoms with van der Waals surface area (Å²) < 4.78 is 7.88. The monoisotopic (exact) mass is 586 g/mol. The summed E-state index contributed by atoms with van der Waals surface area (Å²) in [5.41, 5.74) is 11.1. The van der Waals surface area contributed by atoms with Gasteiger partial charge in [0.15, 0.2) is 5.65 Å².